The number of sulfonamides is 1. The van der Waals surface area contributed by atoms with E-state index in [9.17, 15) is 17.6 Å². The number of benzene rings is 2. The van der Waals surface area contributed by atoms with Gasteiger partial charge in [-0.15, -0.1) is 0 Å². The van der Waals surface area contributed by atoms with Crippen molar-refractivity contribution in [1.29, 1.82) is 0 Å². The molecule has 1 heterocycles. The predicted molar refractivity (Wildman–Crippen MR) is 120 cm³/mol. The van der Waals surface area contributed by atoms with Crippen molar-refractivity contribution in [2.75, 3.05) is 13.1 Å². The Balaban J connectivity index is 1.58. The molecule has 2 aromatic rings. The molecule has 1 amide bonds. The third-order valence-corrected chi connectivity index (χ3v) is 8.00. The van der Waals surface area contributed by atoms with Gasteiger partial charge in [-0.1, -0.05) is 43.3 Å². The van der Waals surface area contributed by atoms with Gasteiger partial charge in [0.2, 0.25) is 15.9 Å². The van der Waals surface area contributed by atoms with Crippen LogP contribution in [0.4, 0.5) is 4.39 Å². The molecule has 0 aliphatic carbocycles. The molecule has 5 nitrogen and oxygen atoms in total. The van der Waals surface area contributed by atoms with E-state index in [1.807, 2.05) is 6.92 Å². The molecule has 1 N–H and O–H groups in total. The molecule has 31 heavy (non-hydrogen) atoms. The van der Waals surface area contributed by atoms with Gasteiger partial charge in [-0.3, -0.25) is 4.79 Å². The van der Waals surface area contributed by atoms with Gasteiger partial charge >= 0.3 is 0 Å². The number of hydrogen-bond acceptors (Lipinski definition) is 3. The molecule has 0 aromatic heterocycles. The van der Waals surface area contributed by atoms with Crippen molar-refractivity contribution in [2.45, 2.75) is 51.8 Å². The summed E-state index contributed by atoms with van der Waals surface area (Å²) in [4.78, 5) is 12.9. The number of carbonyl (C=O) groups is 1. The fraction of sp³-hybridized carbons (Fsp3) is 0.458. The molecule has 0 spiro atoms. The molecule has 3 rings (SSSR count). The van der Waals surface area contributed by atoms with E-state index in [-0.39, 0.29) is 42.3 Å². The zero-order chi connectivity index (χ0) is 22.6. The Morgan fingerprint density at radius 3 is 2.42 bits per heavy atom. The van der Waals surface area contributed by atoms with E-state index >= 15 is 0 Å². The summed E-state index contributed by atoms with van der Waals surface area (Å²) in [5.41, 5.74) is 3.66. The first-order chi connectivity index (χ1) is 14.7. The summed E-state index contributed by atoms with van der Waals surface area (Å²) in [5.74, 6) is -1.13. The van der Waals surface area contributed by atoms with Crippen LogP contribution in [0, 0.1) is 25.6 Å². The highest BCUT2D eigenvalue weighted by Gasteiger charge is 2.32. The Kier molecular flexibility index (Phi) is 7.49. The largest absolute Gasteiger partial charge is 0.349 e. The fourth-order valence-corrected chi connectivity index (χ4v) is 5.57. The number of halogens is 1. The second kappa shape index (κ2) is 9.92. The van der Waals surface area contributed by atoms with Crippen molar-refractivity contribution in [3.8, 4) is 0 Å². The standard InChI is InChI=1S/C24H31FN2O3S/c1-4-23(20-10-9-17(2)18(3)15-20)26-24(28)19-11-13-27(14-12-19)31(29,30)16-21-7-5-6-8-22(21)25/h5-10,15,19,23H,4,11-14,16H2,1-3H3,(H,26,28)/t23-/m0/s1. The number of carbonyl (C=O) groups excluding carboxylic acids is 1. The first-order valence-electron chi connectivity index (χ1n) is 10.8. The van der Waals surface area contributed by atoms with Gasteiger partial charge in [-0.25, -0.2) is 17.1 Å². The van der Waals surface area contributed by atoms with Crippen LogP contribution in [0.15, 0.2) is 42.5 Å². The fourth-order valence-electron chi connectivity index (χ4n) is 3.99. The van der Waals surface area contributed by atoms with E-state index in [0.717, 1.165) is 12.0 Å². The van der Waals surface area contributed by atoms with Gasteiger partial charge in [0.15, 0.2) is 0 Å². The molecule has 1 aliphatic heterocycles. The van der Waals surface area contributed by atoms with Crippen molar-refractivity contribution in [3.05, 3.63) is 70.5 Å². The maximum absolute atomic E-state index is 13.9. The molecular formula is C24H31FN2O3S. The average molecular weight is 447 g/mol. The molecule has 7 heteroatoms. The second-order valence-electron chi connectivity index (χ2n) is 8.33. The van der Waals surface area contributed by atoms with Gasteiger partial charge in [0.25, 0.3) is 0 Å². The van der Waals surface area contributed by atoms with Crippen LogP contribution in [-0.2, 0) is 20.6 Å². The van der Waals surface area contributed by atoms with Gasteiger partial charge < -0.3 is 5.32 Å². The molecule has 1 saturated heterocycles. The zero-order valence-corrected chi connectivity index (χ0v) is 19.2. The number of nitrogens with zero attached hydrogens (tertiary/aromatic N) is 1. The zero-order valence-electron chi connectivity index (χ0n) is 18.4. The minimum absolute atomic E-state index is 0.0313. The molecule has 1 aliphatic rings. The van der Waals surface area contributed by atoms with Crippen LogP contribution in [0.5, 0.6) is 0 Å². The topological polar surface area (TPSA) is 66.5 Å². The molecule has 0 saturated carbocycles. The number of amides is 1. The third kappa shape index (κ3) is 5.71. The van der Waals surface area contributed by atoms with E-state index in [2.05, 4.69) is 37.4 Å². The first kappa shape index (κ1) is 23.4. The van der Waals surface area contributed by atoms with E-state index in [1.165, 1.54) is 33.6 Å². The van der Waals surface area contributed by atoms with Gasteiger partial charge in [0.1, 0.15) is 5.82 Å². The van der Waals surface area contributed by atoms with E-state index < -0.39 is 15.8 Å². The lowest BCUT2D eigenvalue weighted by molar-refractivity contribution is -0.126. The van der Waals surface area contributed by atoms with Crippen molar-refractivity contribution >= 4 is 15.9 Å². The highest BCUT2D eigenvalue weighted by atomic mass is 32.2. The van der Waals surface area contributed by atoms with Crippen molar-refractivity contribution in [3.63, 3.8) is 0 Å². The quantitative estimate of drug-likeness (QED) is 0.691. The number of nitrogens with one attached hydrogen (secondary N) is 1. The lowest BCUT2D eigenvalue weighted by Gasteiger charge is -2.31. The van der Waals surface area contributed by atoms with Crippen LogP contribution in [0.1, 0.15) is 54.5 Å². The molecule has 1 atom stereocenters. The Labute approximate surface area is 184 Å². The molecule has 2 aromatic carbocycles. The van der Waals surface area contributed by atoms with Gasteiger partial charge in [-0.05, 0) is 55.9 Å². The van der Waals surface area contributed by atoms with Gasteiger partial charge in [0, 0.05) is 24.6 Å². The lowest BCUT2D eigenvalue weighted by atomic mass is 9.95. The highest BCUT2D eigenvalue weighted by Crippen LogP contribution is 2.25. The summed E-state index contributed by atoms with van der Waals surface area (Å²) in [5, 5.41) is 3.14. The van der Waals surface area contributed by atoms with Crippen LogP contribution in [0.25, 0.3) is 0 Å². The van der Waals surface area contributed by atoms with Gasteiger partial charge in [-0.2, -0.15) is 0 Å². The van der Waals surface area contributed by atoms with Crippen LogP contribution < -0.4 is 5.32 Å². The highest BCUT2D eigenvalue weighted by molar-refractivity contribution is 7.88. The number of rotatable bonds is 7. The first-order valence-corrected chi connectivity index (χ1v) is 12.4. The van der Waals surface area contributed by atoms with Crippen molar-refractivity contribution < 1.29 is 17.6 Å². The maximum atomic E-state index is 13.9. The molecule has 0 radical (unpaired) electrons. The Bertz CT molecular complexity index is 1030. The molecule has 0 unspecified atom stereocenters. The van der Waals surface area contributed by atoms with Crippen molar-refractivity contribution in [1.82, 2.24) is 9.62 Å². The van der Waals surface area contributed by atoms with Crippen LogP contribution >= 0.6 is 0 Å². The Morgan fingerprint density at radius 2 is 1.81 bits per heavy atom. The number of hydrogen-bond donors (Lipinski definition) is 1. The van der Waals surface area contributed by atoms with Crippen LogP contribution in [0.2, 0.25) is 0 Å². The Hall–Kier alpha value is -2.25. The second-order valence-corrected chi connectivity index (χ2v) is 10.3. The third-order valence-electron chi connectivity index (χ3n) is 6.17. The predicted octanol–water partition coefficient (Wildman–Crippen LogP) is 4.25. The van der Waals surface area contributed by atoms with Crippen LogP contribution in [-0.4, -0.2) is 31.7 Å². The monoisotopic (exact) mass is 446 g/mol. The lowest BCUT2D eigenvalue weighted by Crippen LogP contribution is -2.44. The summed E-state index contributed by atoms with van der Waals surface area (Å²) >= 11 is 0. The number of aryl methyl sites for hydroxylation is 2. The van der Waals surface area contributed by atoms with E-state index in [4.69, 9.17) is 0 Å². The normalized spacial score (nSPS) is 16.8. The van der Waals surface area contributed by atoms with E-state index in [1.54, 1.807) is 6.07 Å². The number of piperidine rings is 1. The summed E-state index contributed by atoms with van der Waals surface area (Å²) in [6, 6.07) is 12.1. The molecule has 0 bridgehead atoms. The minimum atomic E-state index is -3.63. The SMILES string of the molecule is CC[C@H](NC(=O)C1CCN(S(=O)(=O)Cc2ccccc2F)CC1)c1ccc(C)c(C)c1. The molecule has 168 valence electrons. The summed E-state index contributed by atoms with van der Waals surface area (Å²) in [7, 11) is -3.63. The molecular weight excluding hydrogens is 415 g/mol. The minimum Gasteiger partial charge on any atom is -0.349 e. The summed E-state index contributed by atoms with van der Waals surface area (Å²) in [6.07, 6.45) is 1.71. The van der Waals surface area contributed by atoms with E-state index in [0.29, 0.717) is 12.8 Å². The van der Waals surface area contributed by atoms with Crippen molar-refractivity contribution in [2.24, 2.45) is 5.92 Å². The Morgan fingerprint density at radius 1 is 1.13 bits per heavy atom. The molecule has 1 fully saturated rings. The summed E-state index contributed by atoms with van der Waals surface area (Å²) in [6.45, 7) is 6.71. The smallest absolute Gasteiger partial charge is 0.223 e. The average Bonchev–Trinajstić information content (AvgIpc) is 2.75. The van der Waals surface area contributed by atoms with Gasteiger partial charge in [0.05, 0.1) is 11.8 Å². The maximum Gasteiger partial charge on any atom is 0.223 e. The summed E-state index contributed by atoms with van der Waals surface area (Å²) < 4.78 is 40.7. The van der Waals surface area contributed by atoms with Crippen LogP contribution in [0.3, 0.4) is 0 Å².